The van der Waals surface area contributed by atoms with E-state index in [-0.39, 0.29) is 13.1 Å². The zero-order chi connectivity index (χ0) is 14.2. The Morgan fingerprint density at radius 2 is 1.63 bits per heavy atom. The maximum atomic E-state index is 12.0. The third kappa shape index (κ3) is 2.63. The molecule has 1 aliphatic heterocycles. The number of imide groups is 1. The molecule has 0 N–H and O–H groups in total. The van der Waals surface area contributed by atoms with Crippen molar-refractivity contribution in [2.45, 2.75) is 0 Å². The van der Waals surface area contributed by atoms with Crippen LogP contribution in [0.25, 0.3) is 0 Å². The van der Waals surface area contributed by atoms with Crippen molar-refractivity contribution in [2.75, 3.05) is 20.1 Å². The van der Waals surface area contributed by atoms with Crippen LogP contribution in [0, 0.1) is 0 Å². The van der Waals surface area contributed by atoms with Gasteiger partial charge in [0.1, 0.15) is 0 Å². The summed E-state index contributed by atoms with van der Waals surface area (Å²) < 4.78 is 22.9. The predicted octanol–water partition coefficient (Wildman–Crippen LogP) is 0.698. The average molecular weight is 303 g/mol. The molecule has 0 aliphatic carbocycles. The molecule has 6 nitrogen and oxygen atoms in total. The number of amides is 2. The van der Waals surface area contributed by atoms with E-state index >= 15 is 0 Å². The fourth-order valence-corrected chi connectivity index (χ4v) is 2.30. The van der Waals surface area contributed by atoms with Crippen molar-refractivity contribution in [1.82, 2.24) is 9.21 Å². The third-order valence-corrected chi connectivity index (χ3v) is 4.52. The molecule has 19 heavy (non-hydrogen) atoms. The van der Waals surface area contributed by atoms with Gasteiger partial charge in [0.25, 0.3) is 21.1 Å². The van der Waals surface area contributed by atoms with E-state index in [1.165, 1.54) is 7.05 Å². The molecule has 2 rings (SSSR count). The summed E-state index contributed by atoms with van der Waals surface area (Å²) in [6, 6.07) is 6.47. The summed E-state index contributed by atoms with van der Waals surface area (Å²) in [5.74, 6) is -0.832. The van der Waals surface area contributed by atoms with Gasteiger partial charge in [0.05, 0.1) is 11.1 Å². The standard InChI is InChI=1S/C11H11ClN2O4S/c1-13(19(12,17)18)6-7-14-10(15)8-4-2-3-5-9(8)11(14)16/h2-5H,6-7H2,1H3. The minimum Gasteiger partial charge on any atom is -0.273 e. The largest absolute Gasteiger partial charge is 0.299 e. The summed E-state index contributed by atoms with van der Waals surface area (Å²) in [5.41, 5.74) is 0.674. The first-order chi connectivity index (χ1) is 8.82. The summed E-state index contributed by atoms with van der Waals surface area (Å²) in [7, 11) is 2.58. The number of rotatable bonds is 4. The lowest BCUT2D eigenvalue weighted by Crippen LogP contribution is -2.37. The molecular formula is C11H11ClN2O4S. The average Bonchev–Trinajstić information content (AvgIpc) is 2.59. The summed E-state index contributed by atoms with van der Waals surface area (Å²) in [6.07, 6.45) is 0. The van der Waals surface area contributed by atoms with E-state index in [4.69, 9.17) is 10.7 Å². The van der Waals surface area contributed by atoms with E-state index in [1.54, 1.807) is 24.3 Å². The number of benzene rings is 1. The first-order valence-corrected chi connectivity index (χ1v) is 7.70. The lowest BCUT2D eigenvalue weighted by molar-refractivity contribution is 0.0649. The molecule has 0 radical (unpaired) electrons. The predicted molar refractivity (Wildman–Crippen MR) is 69.2 cm³/mol. The van der Waals surface area contributed by atoms with Gasteiger partial charge < -0.3 is 0 Å². The van der Waals surface area contributed by atoms with Crippen LogP contribution < -0.4 is 0 Å². The van der Waals surface area contributed by atoms with E-state index in [2.05, 4.69) is 0 Å². The van der Waals surface area contributed by atoms with Crippen LogP contribution in [-0.4, -0.2) is 49.6 Å². The molecule has 0 atom stereocenters. The number of fused-ring (bicyclic) bond motifs is 1. The Kier molecular flexibility index (Phi) is 3.62. The van der Waals surface area contributed by atoms with Gasteiger partial charge in [0.15, 0.2) is 0 Å². The van der Waals surface area contributed by atoms with Gasteiger partial charge in [-0.1, -0.05) is 12.1 Å². The molecule has 0 spiro atoms. The lowest BCUT2D eigenvalue weighted by Gasteiger charge is -2.17. The molecule has 102 valence electrons. The molecular weight excluding hydrogens is 292 g/mol. The highest BCUT2D eigenvalue weighted by molar-refractivity contribution is 8.11. The van der Waals surface area contributed by atoms with E-state index in [9.17, 15) is 18.0 Å². The summed E-state index contributed by atoms with van der Waals surface area (Å²) >= 11 is 0. The van der Waals surface area contributed by atoms with Gasteiger partial charge in [0.2, 0.25) is 0 Å². The maximum absolute atomic E-state index is 12.0. The highest BCUT2D eigenvalue weighted by Gasteiger charge is 2.35. The molecule has 0 bridgehead atoms. The van der Waals surface area contributed by atoms with Gasteiger partial charge in [-0.15, -0.1) is 0 Å². The Morgan fingerprint density at radius 1 is 1.16 bits per heavy atom. The fourth-order valence-electron chi connectivity index (χ4n) is 1.79. The van der Waals surface area contributed by atoms with Gasteiger partial charge in [0, 0.05) is 30.8 Å². The second-order valence-corrected chi connectivity index (χ2v) is 6.69. The van der Waals surface area contributed by atoms with Gasteiger partial charge in [-0.2, -0.15) is 12.7 Å². The van der Waals surface area contributed by atoms with Crippen LogP contribution in [0.2, 0.25) is 0 Å². The molecule has 1 aromatic rings. The number of hydrogen-bond donors (Lipinski definition) is 0. The van der Waals surface area contributed by atoms with Crippen LogP contribution in [0.4, 0.5) is 0 Å². The maximum Gasteiger partial charge on any atom is 0.299 e. The minimum atomic E-state index is -3.84. The Labute approximate surface area is 115 Å². The normalized spacial score (nSPS) is 15.2. The van der Waals surface area contributed by atoms with Crippen molar-refractivity contribution < 1.29 is 18.0 Å². The van der Waals surface area contributed by atoms with E-state index in [0.29, 0.717) is 11.1 Å². The molecule has 1 aromatic carbocycles. The van der Waals surface area contributed by atoms with Crippen molar-refractivity contribution in [3.05, 3.63) is 35.4 Å². The zero-order valence-corrected chi connectivity index (χ0v) is 11.6. The molecule has 0 saturated carbocycles. The number of carbonyl (C=O) groups is 2. The number of likely N-dealkylation sites (N-methyl/N-ethyl adjacent to an activating group) is 1. The molecule has 0 fully saturated rings. The Morgan fingerprint density at radius 3 is 2.05 bits per heavy atom. The third-order valence-electron chi connectivity index (χ3n) is 2.89. The molecule has 2 amide bonds. The van der Waals surface area contributed by atoms with Crippen molar-refractivity contribution in [3.63, 3.8) is 0 Å². The Bertz CT molecular complexity index is 609. The van der Waals surface area contributed by atoms with Crippen LogP contribution in [0.15, 0.2) is 24.3 Å². The Balaban J connectivity index is 2.13. The van der Waals surface area contributed by atoms with Gasteiger partial charge in [-0.25, -0.2) is 0 Å². The van der Waals surface area contributed by atoms with E-state index in [1.807, 2.05) is 0 Å². The van der Waals surface area contributed by atoms with Crippen molar-refractivity contribution in [1.29, 1.82) is 0 Å². The SMILES string of the molecule is CN(CCN1C(=O)c2ccccc2C1=O)S(=O)(=O)Cl. The lowest BCUT2D eigenvalue weighted by atomic mass is 10.1. The zero-order valence-electron chi connectivity index (χ0n) is 10.0. The fraction of sp³-hybridized carbons (Fsp3) is 0.273. The molecule has 0 saturated heterocycles. The molecule has 0 unspecified atom stereocenters. The number of nitrogens with zero attached hydrogens (tertiary/aromatic N) is 2. The van der Waals surface area contributed by atoms with Crippen molar-refractivity contribution in [3.8, 4) is 0 Å². The van der Waals surface area contributed by atoms with Crippen LogP contribution in [0.3, 0.4) is 0 Å². The summed E-state index contributed by atoms with van der Waals surface area (Å²) in [4.78, 5) is 25.0. The van der Waals surface area contributed by atoms with Crippen LogP contribution >= 0.6 is 10.7 Å². The highest BCUT2D eigenvalue weighted by atomic mass is 35.7. The molecule has 8 heteroatoms. The highest BCUT2D eigenvalue weighted by Crippen LogP contribution is 2.22. The summed E-state index contributed by atoms with van der Waals surface area (Å²) in [5, 5.41) is 0. The smallest absolute Gasteiger partial charge is 0.273 e. The number of hydrogen-bond acceptors (Lipinski definition) is 4. The second-order valence-electron chi connectivity index (χ2n) is 4.07. The number of carbonyl (C=O) groups excluding carboxylic acids is 2. The summed E-state index contributed by atoms with van der Waals surface area (Å²) in [6.45, 7) is -0.0773. The number of halogens is 1. The van der Waals surface area contributed by atoms with Gasteiger partial charge in [-0.05, 0) is 12.1 Å². The Hall–Kier alpha value is -1.44. The first kappa shape index (κ1) is 14.0. The van der Waals surface area contributed by atoms with E-state index in [0.717, 1.165) is 9.21 Å². The van der Waals surface area contributed by atoms with Crippen LogP contribution in [0.5, 0.6) is 0 Å². The first-order valence-electron chi connectivity index (χ1n) is 5.43. The topological polar surface area (TPSA) is 74.8 Å². The molecule has 1 aliphatic rings. The second kappa shape index (κ2) is 4.92. The van der Waals surface area contributed by atoms with Crippen molar-refractivity contribution >= 4 is 31.7 Å². The van der Waals surface area contributed by atoms with Crippen LogP contribution in [0.1, 0.15) is 20.7 Å². The molecule has 1 heterocycles. The van der Waals surface area contributed by atoms with E-state index < -0.39 is 21.1 Å². The quantitative estimate of drug-likeness (QED) is 0.606. The van der Waals surface area contributed by atoms with Gasteiger partial charge >= 0.3 is 0 Å². The molecule has 0 aromatic heterocycles. The van der Waals surface area contributed by atoms with Crippen molar-refractivity contribution in [2.24, 2.45) is 0 Å². The minimum absolute atomic E-state index is 0.0329. The monoisotopic (exact) mass is 302 g/mol. The van der Waals surface area contributed by atoms with Gasteiger partial charge in [-0.3, -0.25) is 14.5 Å². The van der Waals surface area contributed by atoms with Crippen LogP contribution in [-0.2, 0) is 9.24 Å².